The molecule has 0 aliphatic rings. The van der Waals surface area contributed by atoms with Gasteiger partial charge in [0.2, 0.25) is 0 Å². The van der Waals surface area contributed by atoms with Gasteiger partial charge in [0.05, 0.1) is 18.0 Å². The quantitative estimate of drug-likeness (QED) is 0.826. The van der Waals surface area contributed by atoms with Crippen molar-refractivity contribution >= 4 is 17.1 Å². The fourth-order valence-corrected chi connectivity index (χ4v) is 1.87. The van der Waals surface area contributed by atoms with Crippen LogP contribution in [0.15, 0.2) is 36.4 Å². The normalized spacial score (nSPS) is 10.5. The molecular weight excluding hydrogens is 243 g/mol. The summed E-state index contributed by atoms with van der Waals surface area (Å²) in [5.74, 6) is -0.298. The number of hydrogen-bond acceptors (Lipinski definition) is 3. The molecule has 19 heavy (non-hydrogen) atoms. The Morgan fingerprint density at radius 1 is 1.21 bits per heavy atom. The van der Waals surface area contributed by atoms with E-state index in [1.807, 2.05) is 24.3 Å². The third-order valence-corrected chi connectivity index (χ3v) is 2.92. The van der Waals surface area contributed by atoms with Crippen LogP contribution in [-0.4, -0.2) is 7.11 Å². The molecule has 0 aromatic heterocycles. The number of para-hydroxylation sites is 1. The van der Waals surface area contributed by atoms with Gasteiger partial charge in [-0.1, -0.05) is 18.2 Å². The molecule has 3 N–H and O–H groups in total. The number of anilines is 3. The molecule has 0 amide bonds. The number of nitrogens with two attached hydrogens (primary N) is 1. The van der Waals surface area contributed by atoms with Crippen molar-refractivity contribution in [1.29, 1.82) is 0 Å². The van der Waals surface area contributed by atoms with Crippen LogP contribution in [0.5, 0.6) is 0 Å². The minimum atomic E-state index is -0.298. The van der Waals surface area contributed by atoms with Gasteiger partial charge in [-0.25, -0.2) is 4.39 Å². The van der Waals surface area contributed by atoms with Crippen LogP contribution in [0.3, 0.4) is 0 Å². The van der Waals surface area contributed by atoms with Crippen molar-refractivity contribution in [2.45, 2.75) is 13.5 Å². The lowest BCUT2D eigenvalue weighted by atomic mass is 10.1. The highest BCUT2D eigenvalue weighted by Crippen LogP contribution is 2.28. The third kappa shape index (κ3) is 3.03. The second kappa shape index (κ2) is 5.71. The lowest BCUT2D eigenvalue weighted by Gasteiger charge is -2.14. The van der Waals surface area contributed by atoms with Gasteiger partial charge in [0.25, 0.3) is 0 Å². The van der Waals surface area contributed by atoms with E-state index in [-0.39, 0.29) is 5.82 Å². The summed E-state index contributed by atoms with van der Waals surface area (Å²) in [4.78, 5) is 0. The van der Waals surface area contributed by atoms with Gasteiger partial charge in [0, 0.05) is 18.4 Å². The Morgan fingerprint density at radius 3 is 2.68 bits per heavy atom. The molecule has 0 saturated heterocycles. The monoisotopic (exact) mass is 260 g/mol. The smallest absolute Gasteiger partial charge is 0.128 e. The number of halogens is 1. The predicted octanol–water partition coefficient (Wildman–Crippen LogP) is 3.61. The Bertz CT molecular complexity index is 584. The summed E-state index contributed by atoms with van der Waals surface area (Å²) in [6.07, 6.45) is 0. The summed E-state index contributed by atoms with van der Waals surface area (Å²) < 4.78 is 18.5. The Balaban J connectivity index is 2.33. The molecule has 2 aromatic carbocycles. The van der Waals surface area contributed by atoms with Gasteiger partial charge >= 0.3 is 0 Å². The Morgan fingerprint density at radius 2 is 1.95 bits per heavy atom. The van der Waals surface area contributed by atoms with Crippen LogP contribution >= 0.6 is 0 Å². The van der Waals surface area contributed by atoms with E-state index in [0.717, 1.165) is 11.3 Å². The van der Waals surface area contributed by atoms with Gasteiger partial charge in [-0.15, -0.1) is 0 Å². The number of benzene rings is 2. The predicted molar refractivity (Wildman–Crippen MR) is 76.0 cm³/mol. The molecule has 0 aliphatic heterocycles. The van der Waals surface area contributed by atoms with Crippen LogP contribution in [0.4, 0.5) is 21.5 Å². The van der Waals surface area contributed by atoms with E-state index in [9.17, 15) is 4.39 Å². The zero-order chi connectivity index (χ0) is 13.8. The van der Waals surface area contributed by atoms with E-state index in [1.54, 1.807) is 20.1 Å². The molecule has 0 spiro atoms. The summed E-state index contributed by atoms with van der Waals surface area (Å²) in [6, 6.07) is 10.8. The second-order valence-electron chi connectivity index (χ2n) is 4.40. The SMILES string of the molecule is COCc1ccccc1Nc1cc(C)c(F)cc1N. The van der Waals surface area contributed by atoms with E-state index in [4.69, 9.17) is 10.5 Å². The molecule has 0 saturated carbocycles. The first-order chi connectivity index (χ1) is 9.11. The van der Waals surface area contributed by atoms with Crippen molar-refractivity contribution < 1.29 is 9.13 Å². The molecule has 0 aliphatic carbocycles. The van der Waals surface area contributed by atoms with Crippen LogP contribution < -0.4 is 11.1 Å². The highest BCUT2D eigenvalue weighted by Gasteiger charge is 2.07. The summed E-state index contributed by atoms with van der Waals surface area (Å²) in [5.41, 5.74) is 9.39. The molecule has 0 unspecified atom stereocenters. The number of hydrogen-bond donors (Lipinski definition) is 2. The van der Waals surface area contributed by atoms with Gasteiger partial charge in [0.1, 0.15) is 5.82 Å². The van der Waals surface area contributed by atoms with E-state index in [1.165, 1.54) is 6.07 Å². The third-order valence-electron chi connectivity index (χ3n) is 2.92. The first-order valence-corrected chi connectivity index (χ1v) is 6.01. The minimum Gasteiger partial charge on any atom is -0.397 e. The maximum absolute atomic E-state index is 13.4. The van der Waals surface area contributed by atoms with E-state index in [2.05, 4.69) is 5.32 Å². The molecule has 0 radical (unpaired) electrons. The number of aryl methyl sites for hydroxylation is 1. The number of ether oxygens (including phenoxy) is 1. The number of methoxy groups -OCH3 is 1. The lowest BCUT2D eigenvalue weighted by Crippen LogP contribution is -2.01. The van der Waals surface area contributed by atoms with Crippen LogP contribution in [-0.2, 0) is 11.3 Å². The standard InChI is InChI=1S/C15H17FN2O/c1-10-7-15(13(17)8-12(10)16)18-14-6-4-3-5-11(14)9-19-2/h3-8,18H,9,17H2,1-2H3. The molecule has 0 heterocycles. The molecule has 100 valence electrons. The van der Waals surface area contributed by atoms with E-state index >= 15 is 0 Å². The summed E-state index contributed by atoms with van der Waals surface area (Å²) in [5, 5.41) is 3.22. The van der Waals surface area contributed by atoms with Gasteiger partial charge in [-0.05, 0) is 30.7 Å². The first-order valence-electron chi connectivity index (χ1n) is 6.01. The van der Waals surface area contributed by atoms with E-state index in [0.29, 0.717) is 23.5 Å². The molecule has 3 nitrogen and oxygen atoms in total. The van der Waals surface area contributed by atoms with Gasteiger partial charge in [0.15, 0.2) is 0 Å². The maximum atomic E-state index is 13.4. The van der Waals surface area contributed by atoms with Gasteiger partial charge < -0.3 is 15.8 Å². The largest absolute Gasteiger partial charge is 0.397 e. The maximum Gasteiger partial charge on any atom is 0.128 e. The zero-order valence-corrected chi connectivity index (χ0v) is 11.0. The Hall–Kier alpha value is -2.07. The molecule has 2 rings (SSSR count). The molecule has 0 bridgehead atoms. The molecular formula is C15H17FN2O. The molecule has 2 aromatic rings. The fourth-order valence-electron chi connectivity index (χ4n) is 1.87. The molecule has 4 heteroatoms. The number of nitrogen functional groups attached to an aromatic ring is 1. The van der Waals surface area contributed by atoms with Crippen molar-refractivity contribution in [2.24, 2.45) is 0 Å². The second-order valence-corrected chi connectivity index (χ2v) is 4.40. The Kier molecular flexibility index (Phi) is 4.02. The van der Waals surface area contributed by atoms with Crippen LogP contribution in [0, 0.1) is 12.7 Å². The van der Waals surface area contributed by atoms with Crippen LogP contribution in [0.2, 0.25) is 0 Å². The van der Waals surface area contributed by atoms with Crippen molar-refractivity contribution in [3.05, 3.63) is 53.3 Å². The summed E-state index contributed by atoms with van der Waals surface area (Å²) >= 11 is 0. The topological polar surface area (TPSA) is 47.3 Å². The average molecular weight is 260 g/mol. The minimum absolute atomic E-state index is 0.298. The van der Waals surface area contributed by atoms with E-state index < -0.39 is 0 Å². The highest BCUT2D eigenvalue weighted by molar-refractivity contribution is 5.74. The van der Waals surface area contributed by atoms with Crippen molar-refractivity contribution in [2.75, 3.05) is 18.2 Å². The van der Waals surface area contributed by atoms with Crippen molar-refractivity contribution in [3.63, 3.8) is 0 Å². The highest BCUT2D eigenvalue weighted by atomic mass is 19.1. The zero-order valence-electron chi connectivity index (χ0n) is 11.0. The Labute approximate surface area is 112 Å². The number of nitrogens with one attached hydrogen (secondary N) is 1. The number of rotatable bonds is 4. The van der Waals surface area contributed by atoms with Crippen molar-refractivity contribution in [1.82, 2.24) is 0 Å². The van der Waals surface area contributed by atoms with Gasteiger partial charge in [-0.2, -0.15) is 0 Å². The summed E-state index contributed by atoms with van der Waals surface area (Å²) in [6.45, 7) is 2.21. The summed E-state index contributed by atoms with van der Waals surface area (Å²) in [7, 11) is 1.65. The van der Waals surface area contributed by atoms with Crippen LogP contribution in [0.25, 0.3) is 0 Å². The van der Waals surface area contributed by atoms with Crippen LogP contribution in [0.1, 0.15) is 11.1 Å². The fraction of sp³-hybridized carbons (Fsp3) is 0.200. The average Bonchev–Trinajstić information content (AvgIpc) is 2.38. The first kappa shape index (κ1) is 13.4. The van der Waals surface area contributed by atoms with Gasteiger partial charge in [-0.3, -0.25) is 0 Å². The molecule has 0 atom stereocenters. The lowest BCUT2D eigenvalue weighted by molar-refractivity contribution is 0.185. The molecule has 0 fully saturated rings. The van der Waals surface area contributed by atoms with Crippen molar-refractivity contribution in [3.8, 4) is 0 Å².